The highest BCUT2D eigenvalue weighted by atomic mass is 79.9. The summed E-state index contributed by atoms with van der Waals surface area (Å²) in [7, 11) is 0. The third-order valence-corrected chi connectivity index (χ3v) is 2.98. The van der Waals surface area contributed by atoms with Gasteiger partial charge in [0.15, 0.2) is 0 Å². The van der Waals surface area contributed by atoms with Gasteiger partial charge in [-0.2, -0.15) is 13.2 Å². The van der Waals surface area contributed by atoms with Crippen LogP contribution in [-0.2, 0) is 6.42 Å². The molecule has 102 valence electrons. The minimum atomic E-state index is -4.23. The van der Waals surface area contributed by atoms with Crippen molar-refractivity contribution in [3.05, 3.63) is 34.1 Å². The molecular weight excluding hydrogens is 316 g/mol. The highest BCUT2D eigenvalue weighted by molar-refractivity contribution is 9.10. The Hall–Kier alpha value is -0.660. The van der Waals surface area contributed by atoms with E-state index in [9.17, 15) is 17.6 Å². The van der Waals surface area contributed by atoms with Gasteiger partial charge in [0.25, 0.3) is 0 Å². The van der Waals surface area contributed by atoms with Crippen LogP contribution in [0.5, 0.6) is 0 Å². The van der Waals surface area contributed by atoms with Gasteiger partial charge in [-0.05, 0) is 36.6 Å². The molecule has 0 aliphatic rings. The van der Waals surface area contributed by atoms with Crippen molar-refractivity contribution in [2.45, 2.75) is 31.5 Å². The second kappa shape index (κ2) is 6.49. The molecule has 0 saturated heterocycles. The summed E-state index contributed by atoms with van der Waals surface area (Å²) in [6.07, 6.45) is -5.26. The molecule has 0 aliphatic heterocycles. The van der Waals surface area contributed by atoms with Crippen molar-refractivity contribution in [3.63, 3.8) is 0 Å². The van der Waals surface area contributed by atoms with Crippen LogP contribution in [0.3, 0.4) is 0 Å². The van der Waals surface area contributed by atoms with Crippen LogP contribution >= 0.6 is 15.9 Å². The van der Waals surface area contributed by atoms with Crippen LogP contribution in [0.2, 0.25) is 0 Å². The number of nitrogens with one attached hydrogen (secondary N) is 1. The molecule has 0 saturated carbocycles. The molecule has 0 heterocycles. The van der Waals surface area contributed by atoms with E-state index in [1.165, 1.54) is 18.2 Å². The molecule has 1 rings (SSSR count). The molecule has 3 N–H and O–H groups in total. The van der Waals surface area contributed by atoms with Gasteiger partial charge in [-0.15, -0.1) is 0 Å². The fourth-order valence-corrected chi connectivity index (χ4v) is 1.96. The van der Waals surface area contributed by atoms with E-state index in [2.05, 4.69) is 21.4 Å². The average molecular weight is 329 g/mol. The van der Waals surface area contributed by atoms with Gasteiger partial charge in [-0.3, -0.25) is 11.3 Å². The second-order valence-electron chi connectivity index (χ2n) is 3.96. The Kier molecular flexibility index (Phi) is 5.55. The zero-order valence-corrected chi connectivity index (χ0v) is 11.0. The smallest absolute Gasteiger partial charge is 0.271 e. The van der Waals surface area contributed by atoms with Crippen LogP contribution in [-0.4, -0.2) is 12.2 Å². The standard InChI is InChI=1S/C11H13BrF4N2/c12-8-1-2-10(13)7(5-8)6-9(18-17)3-4-11(14,15)16/h1-2,5,9,18H,3-4,6,17H2. The lowest BCUT2D eigenvalue weighted by atomic mass is 10.0. The molecule has 1 atom stereocenters. The first-order valence-corrected chi connectivity index (χ1v) is 6.08. The van der Waals surface area contributed by atoms with Crippen molar-refractivity contribution >= 4 is 15.9 Å². The van der Waals surface area contributed by atoms with Crippen LogP contribution in [0, 0.1) is 5.82 Å². The van der Waals surface area contributed by atoms with E-state index in [0.29, 0.717) is 10.0 Å². The minimum Gasteiger partial charge on any atom is -0.271 e. The number of halogens is 5. The van der Waals surface area contributed by atoms with Crippen molar-refractivity contribution in [1.82, 2.24) is 5.43 Å². The molecule has 2 nitrogen and oxygen atoms in total. The fourth-order valence-electron chi connectivity index (χ4n) is 1.55. The van der Waals surface area contributed by atoms with Crippen molar-refractivity contribution in [2.75, 3.05) is 0 Å². The lowest BCUT2D eigenvalue weighted by Crippen LogP contribution is -2.37. The minimum absolute atomic E-state index is 0.109. The van der Waals surface area contributed by atoms with Crippen LogP contribution in [0.1, 0.15) is 18.4 Å². The monoisotopic (exact) mass is 328 g/mol. The molecule has 0 aliphatic carbocycles. The zero-order valence-electron chi connectivity index (χ0n) is 9.40. The molecule has 18 heavy (non-hydrogen) atoms. The molecule has 0 aromatic heterocycles. The van der Waals surface area contributed by atoms with E-state index in [1.807, 2.05) is 0 Å². The highest BCUT2D eigenvalue weighted by Gasteiger charge is 2.28. The average Bonchev–Trinajstić information content (AvgIpc) is 2.27. The van der Waals surface area contributed by atoms with Crippen LogP contribution in [0.4, 0.5) is 17.6 Å². The summed E-state index contributed by atoms with van der Waals surface area (Å²) in [4.78, 5) is 0. The summed E-state index contributed by atoms with van der Waals surface area (Å²) in [5.74, 6) is 4.73. The summed E-state index contributed by atoms with van der Waals surface area (Å²) >= 11 is 3.18. The summed E-state index contributed by atoms with van der Waals surface area (Å²) in [5, 5.41) is 0. The Morgan fingerprint density at radius 3 is 2.56 bits per heavy atom. The molecule has 7 heteroatoms. The number of benzene rings is 1. The van der Waals surface area contributed by atoms with E-state index in [-0.39, 0.29) is 12.8 Å². The van der Waals surface area contributed by atoms with E-state index in [4.69, 9.17) is 5.84 Å². The van der Waals surface area contributed by atoms with Crippen molar-refractivity contribution in [1.29, 1.82) is 0 Å². The Morgan fingerprint density at radius 1 is 1.33 bits per heavy atom. The Balaban J connectivity index is 2.65. The van der Waals surface area contributed by atoms with E-state index in [0.717, 1.165) is 0 Å². The summed E-state index contributed by atoms with van der Waals surface area (Å²) < 4.78 is 50.4. The Bertz CT molecular complexity index is 395. The quantitative estimate of drug-likeness (QED) is 0.494. The summed E-state index contributed by atoms with van der Waals surface area (Å²) in [5.41, 5.74) is 2.62. The van der Waals surface area contributed by atoms with Gasteiger partial charge in [0.2, 0.25) is 0 Å². The Labute approximate surface area is 111 Å². The SMILES string of the molecule is NNC(CCC(F)(F)F)Cc1cc(Br)ccc1F. The molecule has 1 aromatic rings. The number of nitrogens with two attached hydrogens (primary N) is 1. The summed E-state index contributed by atoms with van der Waals surface area (Å²) in [6, 6.07) is 3.71. The third kappa shape index (κ3) is 5.32. The van der Waals surface area contributed by atoms with Gasteiger partial charge in [0.1, 0.15) is 5.82 Å². The first-order chi connectivity index (χ1) is 8.31. The van der Waals surface area contributed by atoms with Gasteiger partial charge in [0.05, 0.1) is 0 Å². The first-order valence-electron chi connectivity index (χ1n) is 5.28. The lowest BCUT2D eigenvalue weighted by molar-refractivity contribution is -0.136. The van der Waals surface area contributed by atoms with Crippen LogP contribution in [0.15, 0.2) is 22.7 Å². The van der Waals surface area contributed by atoms with Gasteiger partial charge in [0, 0.05) is 16.9 Å². The number of hydrogen-bond donors (Lipinski definition) is 2. The van der Waals surface area contributed by atoms with Crippen LogP contribution in [0.25, 0.3) is 0 Å². The fraction of sp³-hybridized carbons (Fsp3) is 0.455. The largest absolute Gasteiger partial charge is 0.389 e. The molecule has 0 radical (unpaired) electrons. The van der Waals surface area contributed by atoms with Gasteiger partial charge >= 0.3 is 6.18 Å². The molecule has 0 bridgehead atoms. The van der Waals surface area contributed by atoms with Gasteiger partial charge in [-0.1, -0.05) is 15.9 Å². The number of hydrogen-bond acceptors (Lipinski definition) is 2. The van der Waals surface area contributed by atoms with Gasteiger partial charge < -0.3 is 0 Å². The molecule has 0 spiro atoms. The maximum Gasteiger partial charge on any atom is 0.389 e. The maximum absolute atomic E-state index is 13.4. The predicted molar refractivity (Wildman–Crippen MR) is 64.2 cm³/mol. The van der Waals surface area contributed by atoms with Crippen molar-refractivity contribution < 1.29 is 17.6 Å². The van der Waals surface area contributed by atoms with Crippen LogP contribution < -0.4 is 11.3 Å². The normalized spacial score (nSPS) is 13.7. The van der Waals surface area contributed by atoms with E-state index >= 15 is 0 Å². The third-order valence-electron chi connectivity index (χ3n) is 2.49. The lowest BCUT2D eigenvalue weighted by Gasteiger charge is -2.17. The first kappa shape index (κ1) is 15.4. The topological polar surface area (TPSA) is 38.0 Å². The van der Waals surface area contributed by atoms with E-state index < -0.39 is 24.5 Å². The molecule has 1 unspecified atom stereocenters. The van der Waals surface area contributed by atoms with Crippen molar-refractivity contribution in [2.24, 2.45) is 5.84 Å². The molecule has 0 fully saturated rings. The second-order valence-corrected chi connectivity index (χ2v) is 4.87. The van der Waals surface area contributed by atoms with E-state index in [1.54, 1.807) is 0 Å². The molecule has 0 amide bonds. The summed E-state index contributed by atoms with van der Waals surface area (Å²) in [6.45, 7) is 0. The molecular formula is C11H13BrF4N2. The number of rotatable bonds is 5. The zero-order chi connectivity index (χ0) is 13.8. The Morgan fingerprint density at radius 2 is 2.00 bits per heavy atom. The molecule has 1 aromatic carbocycles. The number of hydrazine groups is 1. The van der Waals surface area contributed by atoms with Crippen molar-refractivity contribution in [3.8, 4) is 0 Å². The van der Waals surface area contributed by atoms with Gasteiger partial charge in [-0.25, -0.2) is 4.39 Å². The maximum atomic E-state index is 13.4. The highest BCUT2D eigenvalue weighted by Crippen LogP contribution is 2.24. The number of alkyl halides is 3. The predicted octanol–water partition coefficient (Wildman–Crippen LogP) is 3.31.